The molecule has 11 heteroatoms. The third-order valence-electron chi connectivity index (χ3n) is 9.33. The number of unbranched alkanes of at least 4 members (excludes halogenated alkanes) is 1. The van der Waals surface area contributed by atoms with Gasteiger partial charge in [0.25, 0.3) is 0 Å². The van der Waals surface area contributed by atoms with E-state index in [2.05, 4.69) is 45.5 Å². The summed E-state index contributed by atoms with van der Waals surface area (Å²) in [5, 5.41) is 12.2. The highest BCUT2D eigenvalue weighted by molar-refractivity contribution is 5.94. The van der Waals surface area contributed by atoms with Crippen LogP contribution in [0.4, 0.5) is 14.6 Å². The number of hydrogen-bond donors (Lipinski definition) is 2. The predicted octanol–water partition coefficient (Wildman–Crippen LogP) is 6.65. The quantitative estimate of drug-likeness (QED) is 0.175. The summed E-state index contributed by atoms with van der Waals surface area (Å²) < 4.78 is 38.5. The van der Waals surface area contributed by atoms with E-state index < -0.39 is 11.6 Å². The molecule has 0 spiro atoms. The number of amidine groups is 1. The molecule has 256 valence electrons. The molecule has 0 amide bonds. The number of pyridine rings is 1. The van der Waals surface area contributed by atoms with Crippen molar-refractivity contribution in [2.75, 3.05) is 58.3 Å². The number of allylic oxidation sites excluding steroid dienone is 1. The van der Waals surface area contributed by atoms with Crippen LogP contribution >= 0.6 is 0 Å². The Hall–Kier alpha value is -4.38. The molecular weight excluding hydrogens is 610 g/mol. The number of anilines is 1. The van der Waals surface area contributed by atoms with Gasteiger partial charge in [0.1, 0.15) is 35.3 Å². The highest BCUT2D eigenvalue weighted by Gasteiger charge is 2.37. The molecule has 1 aromatic carbocycles. The molecule has 0 radical (unpaired) electrons. The van der Waals surface area contributed by atoms with Crippen LogP contribution in [0, 0.1) is 17.0 Å². The Morgan fingerprint density at radius 2 is 2.02 bits per heavy atom. The Labute approximate surface area is 282 Å². The number of fused-ring (bicyclic) bond motifs is 1. The lowest BCUT2D eigenvalue weighted by Crippen LogP contribution is -2.46. The van der Waals surface area contributed by atoms with Crippen molar-refractivity contribution in [2.24, 2.45) is 0 Å². The van der Waals surface area contributed by atoms with Gasteiger partial charge in [-0.2, -0.15) is 9.97 Å². The summed E-state index contributed by atoms with van der Waals surface area (Å²) in [6.07, 6.45) is 11.7. The summed E-state index contributed by atoms with van der Waals surface area (Å²) >= 11 is 0. The summed E-state index contributed by atoms with van der Waals surface area (Å²) in [5.41, 5.74) is 1.77. The van der Waals surface area contributed by atoms with Crippen LogP contribution in [0.3, 0.4) is 0 Å². The zero-order valence-corrected chi connectivity index (χ0v) is 28.9. The van der Waals surface area contributed by atoms with E-state index in [0.29, 0.717) is 47.9 Å². The van der Waals surface area contributed by atoms with Gasteiger partial charge in [0, 0.05) is 56.3 Å². The van der Waals surface area contributed by atoms with Gasteiger partial charge in [-0.25, -0.2) is 8.78 Å². The van der Waals surface area contributed by atoms with Crippen LogP contribution in [-0.4, -0.2) is 89.6 Å². The van der Waals surface area contributed by atoms with Crippen molar-refractivity contribution < 1.29 is 13.5 Å². The number of benzene rings is 1. The minimum atomic E-state index is -0.679. The number of likely N-dealkylation sites (N-methyl/N-ethyl adjacent to an activating group) is 1. The Kier molecular flexibility index (Phi) is 11.1. The van der Waals surface area contributed by atoms with E-state index in [4.69, 9.17) is 15.1 Å². The lowest BCUT2D eigenvalue weighted by Gasteiger charge is -2.34. The summed E-state index contributed by atoms with van der Waals surface area (Å²) in [4.78, 5) is 20.4. The number of aromatic nitrogens is 3. The lowest BCUT2D eigenvalue weighted by molar-refractivity contribution is 0.0851. The van der Waals surface area contributed by atoms with E-state index in [-0.39, 0.29) is 28.3 Å². The zero-order chi connectivity index (χ0) is 34.4. The molecule has 4 heterocycles. The first-order valence-corrected chi connectivity index (χ1v) is 16.9. The fraction of sp³-hybridized carbons (Fsp3) is 0.459. The van der Waals surface area contributed by atoms with Crippen molar-refractivity contribution >= 4 is 34.2 Å². The number of nitrogens with one attached hydrogen (secondary N) is 2. The van der Waals surface area contributed by atoms with E-state index in [1.54, 1.807) is 48.4 Å². The third-order valence-corrected chi connectivity index (χ3v) is 9.33. The summed E-state index contributed by atoms with van der Waals surface area (Å²) in [6.45, 7) is 14.1. The molecule has 5 rings (SSSR count). The first-order chi connectivity index (χ1) is 23.1. The molecule has 0 aliphatic carbocycles. The van der Waals surface area contributed by atoms with Crippen molar-refractivity contribution in [1.82, 2.24) is 30.1 Å². The smallest absolute Gasteiger partial charge is 0.319 e. The van der Waals surface area contributed by atoms with Crippen molar-refractivity contribution in [1.29, 1.82) is 5.41 Å². The summed E-state index contributed by atoms with van der Waals surface area (Å²) in [5.74, 6) is -0.317. The van der Waals surface area contributed by atoms with Crippen LogP contribution in [0.15, 0.2) is 48.8 Å². The number of hydrogen-bond acceptors (Lipinski definition) is 8. The van der Waals surface area contributed by atoms with E-state index in [9.17, 15) is 0 Å². The fourth-order valence-corrected chi connectivity index (χ4v) is 6.53. The number of ether oxygens (including phenoxy) is 1. The second kappa shape index (κ2) is 15.2. The first kappa shape index (κ1) is 34.9. The molecule has 1 atom stereocenters. The number of nitrogens with zero attached hydrogens (tertiary/aromatic N) is 6. The van der Waals surface area contributed by atoms with Gasteiger partial charge in [0.15, 0.2) is 5.82 Å². The standard InChI is InChI=1S/C37H48F2N8O/c1-7-10-19-47-20-12-16-37(47,4)24-48-36-43-34-28(35(44-36)46-18-13-17-41-26(23-46)21-30(40)45(5)6)22-42-33(32(34)39)27(9-3)31-25(8-2)14-11-15-29(31)38/h8-9,11,14-15,21-22,40-41H,2,7,10,12-13,16-20,23-24H2,1,3-6H3/b26-21-,27-9+,40-30?. The van der Waals surface area contributed by atoms with Gasteiger partial charge in [-0.1, -0.05) is 44.2 Å². The first-order valence-electron chi connectivity index (χ1n) is 16.9. The summed E-state index contributed by atoms with van der Waals surface area (Å²) in [6, 6.07) is 4.77. The molecule has 2 aliphatic heterocycles. The lowest BCUT2D eigenvalue weighted by atomic mass is 9.95. The van der Waals surface area contributed by atoms with Crippen LogP contribution in [0.2, 0.25) is 0 Å². The second-order valence-corrected chi connectivity index (χ2v) is 13.0. The highest BCUT2D eigenvalue weighted by atomic mass is 19.1. The van der Waals surface area contributed by atoms with Gasteiger partial charge < -0.3 is 19.9 Å². The molecule has 3 aromatic rings. The van der Waals surface area contributed by atoms with Crippen LogP contribution in [0.5, 0.6) is 6.01 Å². The van der Waals surface area contributed by atoms with Crippen molar-refractivity contribution in [3.63, 3.8) is 0 Å². The molecule has 2 aromatic heterocycles. The van der Waals surface area contributed by atoms with Gasteiger partial charge in [-0.05, 0) is 64.3 Å². The largest absolute Gasteiger partial charge is 0.461 e. The van der Waals surface area contributed by atoms with E-state index in [0.717, 1.165) is 57.4 Å². The molecule has 0 saturated carbocycles. The molecule has 0 bridgehead atoms. The minimum absolute atomic E-state index is 0.0140. The van der Waals surface area contributed by atoms with Gasteiger partial charge in [-0.3, -0.25) is 15.3 Å². The van der Waals surface area contributed by atoms with Crippen LogP contribution < -0.4 is 15.0 Å². The van der Waals surface area contributed by atoms with Gasteiger partial charge in [0.2, 0.25) is 0 Å². The normalized spacial score (nSPS) is 19.8. The maximum Gasteiger partial charge on any atom is 0.319 e. The molecule has 2 saturated heterocycles. The molecule has 2 fully saturated rings. The zero-order valence-electron chi connectivity index (χ0n) is 28.9. The van der Waals surface area contributed by atoms with Crippen molar-refractivity contribution in [3.05, 3.63) is 77.3 Å². The van der Waals surface area contributed by atoms with Gasteiger partial charge >= 0.3 is 6.01 Å². The fourth-order valence-electron chi connectivity index (χ4n) is 6.53. The average Bonchev–Trinajstić information content (AvgIpc) is 3.28. The van der Waals surface area contributed by atoms with Crippen LogP contribution in [0.25, 0.3) is 22.6 Å². The van der Waals surface area contributed by atoms with Crippen molar-refractivity contribution in [3.8, 4) is 6.01 Å². The Bertz CT molecular complexity index is 1720. The topological polar surface area (TPSA) is 93.5 Å². The summed E-state index contributed by atoms with van der Waals surface area (Å²) in [7, 11) is 3.65. The Morgan fingerprint density at radius 1 is 1.21 bits per heavy atom. The monoisotopic (exact) mass is 658 g/mol. The minimum Gasteiger partial charge on any atom is -0.461 e. The molecule has 48 heavy (non-hydrogen) atoms. The average molecular weight is 659 g/mol. The van der Waals surface area contributed by atoms with E-state index in [1.165, 1.54) is 6.07 Å². The molecule has 9 nitrogen and oxygen atoms in total. The van der Waals surface area contributed by atoms with Crippen molar-refractivity contribution in [2.45, 2.75) is 58.4 Å². The maximum atomic E-state index is 16.8. The van der Waals surface area contributed by atoms with Gasteiger partial charge in [0.05, 0.1) is 17.5 Å². The highest BCUT2D eigenvalue weighted by Crippen LogP contribution is 2.36. The Morgan fingerprint density at radius 3 is 2.75 bits per heavy atom. The second-order valence-electron chi connectivity index (χ2n) is 13.0. The predicted molar refractivity (Wildman–Crippen MR) is 190 cm³/mol. The van der Waals surface area contributed by atoms with Crippen LogP contribution in [0.1, 0.15) is 69.7 Å². The maximum absolute atomic E-state index is 16.8. The van der Waals surface area contributed by atoms with Gasteiger partial charge in [-0.15, -0.1) is 0 Å². The number of rotatable bonds is 11. The van der Waals surface area contributed by atoms with E-state index >= 15 is 8.78 Å². The Balaban J connectivity index is 1.62. The molecular formula is C37H48F2N8O. The molecule has 1 unspecified atom stereocenters. The van der Waals surface area contributed by atoms with Crippen LogP contribution in [-0.2, 0) is 0 Å². The SMILES string of the molecule is C=Cc1cccc(F)c1/C(=C\C)c1ncc2c(N3CCCN/C(=C\C(=N)N(C)C)C3)nc(OCC3(C)CCCN3CCCC)nc2c1F. The molecule has 2 aliphatic rings. The number of halogens is 2. The number of likely N-dealkylation sites (tertiary alicyclic amines) is 1. The van der Waals surface area contributed by atoms with E-state index in [1.807, 2.05) is 14.1 Å². The third kappa shape index (κ3) is 7.36. The molecule has 2 N–H and O–H groups in total.